The molecule has 11 heavy (non-hydrogen) atoms. The van der Waals surface area contributed by atoms with Crippen LogP contribution in [0.3, 0.4) is 0 Å². The summed E-state index contributed by atoms with van der Waals surface area (Å²) in [5.41, 5.74) is 4.73. The molecule has 3 N–H and O–H groups in total. The molecule has 3 nitrogen and oxygen atoms in total. The number of ether oxygens (including phenoxy) is 1. The van der Waals surface area contributed by atoms with Crippen LogP contribution in [0.2, 0.25) is 0 Å². The molecular weight excluding hydrogens is 166 g/mol. The fourth-order valence-corrected chi connectivity index (χ4v) is 1.99. The zero-order valence-electron chi connectivity index (χ0n) is 6.32. The molecule has 0 spiro atoms. The molecule has 0 aliphatic carbocycles. The molecule has 0 aromatic carbocycles. The van der Waals surface area contributed by atoms with Crippen molar-refractivity contribution < 1.29 is 9.84 Å². The second-order valence-corrected chi connectivity index (χ2v) is 3.34. The first-order valence-corrected chi connectivity index (χ1v) is 3.82. The Morgan fingerprint density at radius 3 is 2.55 bits per heavy atom. The van der Waals surface area contributed by atoms with E-state index in [4.69, 9.17) is 10.5 Å². The molecule has 0 amide bonds. The van der Waals surface area contributed by atoms with E-state index >= 15 is 0 Å². The Bertz CT molecular complexity index is 155. The average molecular weight is 180 g/mol. The Morgan fingerprint density at radius 1 is 1.55 bits per heavy atom. The minimum atomic E-state index is -0.692. The van der Waals surface area contributed by atoms with Gasteiger partial charge in [0, 0.05) is 13.0 Å². The third-order valence-corrected chi connectivity index (χ3v) is 2.64. The molecule has 4 heteroatoms. The molecule has 2 rings (SSSR count). The predicted octanol–water partition coefficient (Wildman–Crippen LogP) is 0.0493. The van der Waals surface area contributed by atoms with Crippen LogP contribution in [-0.4, -0.2) is 29.5 Å². The molecule has 66 valence electrons. The van der Waals surface area contributed by atoms with Gasteiger partial charge in [-0.2, -0.15) is 0 Å². The minimum absolute atomic E-state index is 0. The number of hydrogen-bond donors (Lipinski definition) is 2. The Balaban J connectivity index is 0.000000605. The maximum absolute atomic E-state index is 9.74. The summed E-state index contributed by atoms with van der Waals surface area (Å²) in [6.07, 6.45) is 3.15. The van der Waals surface area contributed by atoms with E-state index in [9.17, 15) is 5.11 Å². The smallest absolute Gasteiger partial charge is 0.105 e. The molecule has 0 unspecified atom stereocenters. The lowest BCUT2D eigenvalue weighted by Gasteiger charge is -2.27. The van der Waals surface area contributed by atoms with E-state index in [0.717, 1.165) is 19.3 Å². The largest absolute Gasteiger partial charge is 0.386 e. The highest BCUT2D eigenvalue weighted by molar-refractivity contribution is 5.85. The van der Waals surface area contributed by atoms with Crippen molar-refractivity contribution in [3.05, 3.63) is 0 Å². The average Bonchev–Trinajstić information content (AvgIpc) is 2.46. The summed E-state index contributed by atoms with van der Waals surface area (Å²) < 4.78 is 5.45. The van der Waals surface area contributed by atoms with E-state index < -0.39 is 5.60 Å². The van der Waals surface area contributed by atoms with Crippen LogP contribution in [-0.2, 0) is 4.74 Å². The third kappa shape index (κ3) is 1.26. The van der Waals surface area contributed by atoms with Gasteiger partial charge in [0.15, 0.2) is 0 Å². The maximum Gasteiger partial charge on any atom is 0.105 e. The Morgan fingerprint density at radius 2 is 2.27 bits per heavy atom. The minimum Gasteiger partial charge on any atom is -0.386 e. The van der Waals surface area contributed by atoms with Crippen molar-refractivity contribution in [1.82, 2.24) is 0 Å². The highest BCUT2D eigenvalue weighted by Crippen LogP contribution is 2.40. The highest BCUT2D eigenvalue weighted by atomic mass is 35.5. The lowest BCUT2D eigenvalue weighted by Crippen LogP contribution is -2.46. The molecule has 3 atom stereocenters. The number of rotatable bonds is 1. The maximum atomic E-state index is 9.74. The number of hydrogen-bond acceptors (Lipinski definition) is 3. The van der Waals surface area contributed by atoms with Gasteiger partial charge < -0.3 is 15.6 Å². The van der Waals surface area contributed by atoms with Crippen molar-refractivity contribution in [3.8, 4) is 0 Å². The molecule has 2 fully saturated rings. The van der Waals surface area contributed by atoms with Crippen molar-refractivity contribution in [2.75, 3.05) is 6.54 Å². The van der Waals surface area contributed by atoms with E-state index in [-0.39, 0.29) is 18.5 Å². The van der Waals surface area contributed by atoms with Crippen molar-refractivity contribution in [3.63, 3.8) is 0 Å². The number of halogens is 1. The van der Waals surface area contributed by atoms with Crippen LogP contribution in [0.15, 0.2) is 0 Å². The highest BCUT2D eigenvalue weighted by Gasteiger charge is 2.50. The quantitative estimate of drug-likeness (QED) is 0.598. The van der Waals surface area contributed by atoms with Crippen LogP contribution in [0, 0.1) is 0 Å². The standard InChI is InChI=1S/C7H13NO2.ClH/c8-4-7(9)3-5-1-2-6(7)10-5;/h5-6,9H,1-4,8H2;1H/t5-,6+,7-;/m0./s1. The number of fused-ring (bicyclic) bond motifs is 2. The number of nitrogens with two attached hydrogens (primary N) is 1. The summed E-state index contributed by atoms with van der Waals surface area (Å²) in [5, 5.41) is 9.74. The van der Waals surface area contributed by atoms with Crippen molar-refractivity contribution in [1.29, 1.82) is 0 Å². The summed E-state index contributed by atoms with van der Waals surface area (Å²) in [7, 11) is 0. The van der Waals surface area contributed by atoms with Crippen molar-refractivity contribution in [2.45, 2.75) is 37.1 Å². The lowest BCUT2D eigenvalue weighted by atomic mass is 9.85. The van der Waals surface area contributed by atoms with E-state index in [2.05, 4.69) is 0 Å². The zero-order chi connectivity index (χ0) is 7.19. The summed E-state index contributed by atoms with van der Waals surface area (Å²) in [5.74, 6) is 0. The molecule has 2 saturated heterocycles. The molecular formula is C7H14ClNO2. The van der Waals surface area contributed by atoms with E-state index in [1.807, 2.05) is 0 Å². The first-order valence-electron chi connectivity index (χ1n) is 3.82. The zero-order valence-corrected chi connectivity index (χ0v) is 7.14. The van der Waals surface area contributed by atoms with Gasteiger partial charge in [-0.25, -0.2) is 0 Å². The molecule has 0 aromatic rings. The molecule has 2 aliphatic heterocycles. The van der Waals surface area contributed by atoms with Crippen molar-refractivity contribution >= 4 is 12.4 Å². The lowest BCUT2D eigenvalue weighted by molar-refractivity contribution is -0.0218. The van der Waals surface area contributed by atoms with Crippen LogP contribution in [0.1, 0.15) is 19.3 Å². The first-order chi connectivity index (χ1) is 4.74. The van der Waals surface area contributed by atoms with Crippen LogP contribution in [0.5, 0.6) is 0 Å². The van der Waals surface area contributed by atoms with Crippen LogP contribution in [0.25, 0.3) is 0 Å². The second-order valence-electron chi connectivity index (χ2n) is 3.34. The van der Waals surface area contributed by atoms with Gasteiger partial charge in [0.1, 0.15) is 5.60 Å². The molecule has 2 heterocycles. The Hall–Kier alpha value is 0.170. The van der Waals surface area contributed by atoms with Gasteiger partial charge in [0.2, 0.25) is 0 Å². The molecule has 2 bridgehead atoms. The fraction of sp³-hybridized carbons (Fsp3) is 1.00. The number of aliphatic hydroxyl groups is 1. The molecule has 0 radical (unpaired) electrons. The van der Waals surface area contributed by atoms with E-state index in [1.54, 1.807) is 0 Å². The predicted molar refractivity (Wildman–Crippen MR) is 43.8 cm³/mol. The van der Waals surface area contributed by atoms with Gasteiger partial charge in [0.05, 0.1) is 12.2 Å². The van der Waals surface area contributed by atoms with Gasteiger partial charge in [0.25, 0.3) is 0 Å². The van der Waals surface area contributed by atoms with E-state index in [0.29, 0.717) is 12.6 Å². The second kappa shape index (κ2) is 2.90. The van der Waals surface area contributed by atoms with Gasteiger partial charge in [-0.05, 0) is 12.8 Å². The molecule has 0 aromatic heterocycles. The summed E-state index contributed by atoms with van der Waals surface area (Å²) in [6, 6.07) is 0. The van der Waals surface area contributed by atoms with Gasteiger partial charge in [-0.3, -0.25) is 0 Å². The third-order valence-electron chi connectivity index (χ3n) is 2.64. The summed E-state index contributed by atoms with van der Waals surface area (Å²) >= 11 is 0. The topological polar surface area (TPSA) is 55.5 Å². The fourth-order valence-electron chi connectivity index (χ4n) is 1.99. The Labute approximate surface area is 72.3 Å². The Kier molecular flexibility index (Phi) is 2.44. The monoisotopic (exact) mass is 179 g/mol. The SMILES string of the molecule is Cl.NC[C@@]1(O)C[C@@H]2CC[C@H]1O2. The van der Waals surface area contributed by atoms with Crippen LogP contribution >= 0.6 is 12.4 Å². The van der Waals surface area contributed by atoms with E-state index in [1.165, 1.54) is 0 Å². The molecule has 2 aliphatic rings. The van der Waals surface area contributed by atoms with Crippen LogP contribution in [0.4, 0.5) is 0 Å². The van der Waals surface area contributed by atoms with Gasteiger partial charge in [-0.15, -0.1) is 12.4 Å². The first kappa shape index (κ1) is 9.26. The van der Waals surface area contributed by atoms with Gasteiger partial charge in [-0.1, -0.05) is 0 Å². The summed E-state index contributed by atoms with van der Waals surface area (Å²) in [6.45, 7) is 0.341. The summed E-state index contributed by atoms with van der Waals surface area (Å²) in [4.78, 5) is 0. The molecule has 0 saturated carbocycles. The van der Waals surface area contributed by atoms with Gasteiger partial charge >= 0.3 is 0 Å². The van der Waals surface area contributed by atoms with Crippen LogP contribution < -0.4 is 5.73 Å². The van der Waals surface area contributed by atoms with Crippen molar-refractivity contribution in [2.24, 2.45) is 5.73 Å². The normalized spacial score (nSPS) is 47.5.